The van der Waals surface area contributed by atoms with E-state index in [-0.39, 0.29) is 17.1 Å². The lowest BCUT2D eigenvalue weighted by molar-refractivity contribution is -0.119. The zero-order chi connectivity index (χ0) is 19.9. The maximum absolute atomic E-state index is 12.3. The van der Waals surface area contributed by atoms with Crippen LogP contribution in [0.3, 0.4) is 0 Å². The van der Waals surface area contributed by atoms with Crippen molar-refractivity contribution in [2.45, 2.75) is 50.8 Å². The highest BCUT2D eigenvalue weighted by Gasteiger charge is 2.23. The van der Waals surface area contributed by atoms with Gasteiger partial charge in [0.2, 0.25) is 17.8 Å². The number of amides is 1. The topological polar surface area (TPSA) is 106 Å². The lowest BCUT2D eigenvalue weighted by atomic mass is 9.86. The second-order valence-electron chi connectivity index (χ2n) is 7.26. The van der Waals surface area contributed by atoms with E-state index in [4.69, 9.17) is 5.73 Å². The molecule has 2 aromatic rings. The van der Waals surface area contributed by atoms with Crippen LogP contribution in [0, 0.1) is 5.92 Å². The van der Waals surface area contributed by atoms with Crippen LogP contribution in [0.2, 0.25) is 0 Å². The van der Waals surface area contributed by atoms with Crippen molar-refractivity contribution in [3.8, 4) is 0 Å². The van der Waals surface area contributed by atoms with Gasteiger partial charge in [-0.2, -0.15) is 15.0 Å². The van der Waals surface area contributed by atoms with Gasteiger partial charge < -0.3 is 16.4 Å². The van der Waals surface area contributed by atoms with Crippen LogP contribution >= 0.6 is 11.8 Å². The Morgan fingerprint density at radius 1 is 1.21 bits per heavy atom. The van der Waals surface area contributed by atoms with E-state index < -0.39 is 0 Å². The molecule has 1 aromatic heterocycles. The number of para-hydroxylation sites is 1. The Hall–Kier alpha value is -2.35. The second-order valence-corrected chi connectivity index (χ2v) is 8.58. The Balaban J connectivity index is 1.56. The zero-order valence-electron chi connectivity index (χ0n) is 16.4. The minimum absolute atomic E-state index is 0.0697. The van der Waals surface area contributed by atoms with Crippen molar-refractivity contribution in [2.75, 3.05) is 16.8 Å². The molecule has 8 heteroatoms. The lowest BCUT2D eigenvalue weighted by Crippen LogP contribution is -2.41. The molecule has 3 atom stereocenters. The van der Waals surface area contributed by atoms with E-state index in [1.165, 1.54) is 31.0 Å². The molecule has 28 heavy (non-hydrogen) atoms. The van der Waals surface area contributed by atoms with Crippen molar-refractivity contribution >= 4 is 35.3 Å². The molecule has 0 unspecified atom stereocenters. The summed E-state index contributed by atoms with van der Waals surface area (Å²) in [6.07, 6.45) is 4.72. The summed E-state index contributed by atoms with van der Waals surface area (Å²) in [6, 6.07) is 9.95. The monoisotopic (exact) mass is 400 g/mol. The highest BCUT2D eigenvalue weighted by Crippen LogP contribution is 2.28. The van der Waals surface area contributed by atoms with Crippen LogP contribution in [-0.4, -0.2) is 32.7 Å². The van der Waals surface area contributed by atoms with Crippen LogP contribution < -0.4 is 16.4 Å². The third-order valence-corrected chi connectivity index (χ3v) is 6.13. The smallest absolute Gasteiger partial charge is 0.232 e. The first-order valence-corrected chi connectivity index (χ1v) is 10.8. The molecule has 1 saturated carbocycles. The fraction of sp³-hybridized carbons (Fsp3) is 0.500. The minimum atomic E-state index is -0.0730. The van der Waals surface area contributed by atoms with Gasteiger partial charge >= 0.3 is 0 Å². The summed E-state index contributed by atoms with van der Waals surface area (Å²) >= 11 is 1.50. The summed E-state index contributed by atoms with van der Waals surface area (Å²) in [5.74, 6) is 2.13. The predicted molar refractivity (Wildman–Crippen MR) is 114 cm³/mol. The molecule has 0 radical (unpaired) electrons. The molecular formula is C20H28N6OS. The first kappa shape index (κ1) is 20.4. The Kier molecular flexibility index (Phi) is 7.08. The molecule has 3 rings (SSSR count). The van der Waals surface area contributed by atoms with E-state index >= 15 is 0 Å². The molecule has 0 aliphatic heterocycles. The van der Waals surface area contributed by atoms with Gasteiger partial charge in [-0.15, -0.1) is 11.8 Å². The Labute approximate surface area is 170 Å². The number of nitrogens with two attached hydrogens (primary N) is 1. The molecule has 150 valence electrons. The standard InChI is InChI=1S/C20H28N6OS/c1-13-8-6-7-11-16(13)23-17(27)12-28-14(2)18-24-19(21)26-20(25-18)22-15-9-4-3-5-10-15/h3-5,9-10,13-14,16H,6-8,11-12H2,1-2H3,(H,23,27)(H3,21,22,24,25,26)/t13-,14+,16+/m1/s1. The van der Waals surface area contributed by atoms with E-state index in [1.807, 2.05) is 37.3 Å². The number of nitrogens with one attached hydrogen (secondary N) is 2. The number of carbonyl (C=O) groups excluding carboxylic acids is 1. The van der Waals surface area contributed by atoms with Crippen molar-refractivity contribution in [1.82, 2.24) is 20.3 Å². The molecule has 0 saturated heterocycles. The summed E-state index contributed by atoms with van der Waals surface area (Å²) in [6.45, 7) is 4.19. The number of carbonyl (C=O) groups is 1. The van der Waals surface area contributed by atoms with Crippen molar-refractivity contribution in [2.24, 2.45) is 5.92 Å². The van der Waals surface area contributed by atoms with Crippen LogP contribution in [0.1, 0.15) is 50.6 Å². The molecule has 0 spiro atoms. The third-order valence-electron chi connectivity index (χ3n) is 4.99. The molecule has 1 heterocycles. The molecule has 7 nitrogen and oxygen atoms in total. The number of thioether (sulfide) groups is 1. The second kappa shape index (κ2) is 9.73. The Morgan fingerprint density at radius 3 is 2.71 bits per heavy atom. The first-order valence-electron chi connectivity index (χ1n) is 9.75. The van der Waals surface area contributed by atoms with Crippen LogP contribution in [0.5, 0.6) is 0 Å². The van der Waals surface area contributed by atoms with Gasteiger partial charge in [-0.1, -0.05) is 38.0 Å². The molecule has 1 aliphatic rings. The number of nitrogen functional groups attached to an aromatic ring is 1. The summed E-state index contributed by atoms with van der Waals surface area (Å²) in [4.78, 5) is 25.2. The number of hydrogen-bond acceptors (Lipinski definition) is 7. The number of rotatable bonds is 7. The number of hydrogen-bond donors (Lipinski definition) is 3. The van der Waals surface area contributed by atoms with E-state index in [1.54, 1.807) is 0 Å². The van der Waals surface area contributed by atoms with Gasteiger partial charge in [0.15, 0.2) is 0 Å². The number of benzene rings is 1. The summed E-state index contributed by atoms with van der Waals surface area (Å²) < 4.78 is 0. The fourth-order valence-corrected chi connectivity index (χ4v) is 4.09. The SMILES string of the molecule is C[C@H](SCC(=O)N[C@H]1CCCC[C@H]1C)c1nc(N)nc(Nc2ccccc2)n1. The van der Waals surface area contributed by atoms with E-state index in [9.17, 15) is 4.79 Å². The van der Waals surface area contributed by atoms with Gasteiger partial charge in [0.25, 0.3) is 0 Å². The van der Waals surface area contributed by atoms with E-state index in [0.717, 1.165) is 12.1 Å². The molecule has 1 amide bonds. The zero-order valence-corrected chi connectivity index (χ0v) is 17.2. The molecule has 1 fully saturated rings. The largest absolute Gasteiger partial charge is 0.368 e. The molecule has 0 bridgehead atoms. The van der Waals surface area contributed by atoms with Crippen molar-refractivity contribution < 1.29 is 4.79 Å². The van der Waals surface area contributed by atoms with Crippen LogP contribution in [0.25, 0.3) is 0 Å². The van der Waals surface area contributed by atoms with Crippen molar-refractivity contribution in [3.05, 3.63) is 36.2 Å². The van der Waals surface area contributed by atoms with E-state index in [0.29, 0.717) is 29.5 Å². The fourth-order valence-electron chi connectivity index (χ4n) is 3.35. The number of nitrogens with zero attached hydrogens (tertiary/aromatic N) is 3. The maximum atomic E-state index is 12.3. The highest BCUT2D eigenvalue weighted by atomic mass is 32.2. The van der Waals surface area contributed by atoms with Crippen LogP contribution in [0.15, 0.2) is 30.3 Å². The van der Waals surface area contributed by atoms with Gasteiger partial charge in [0, 0.05) is 11.7 Å². The number of aromatic nitrogens is 3. The highest BCUT2D eigenvalue weighted by molar-refractivity contribution is 8.00. The van der Waals surface area contributed by atoms with Gasteiger partial charge in [0.1, 0.15) is 5.82 Å². The van der Waals surface area contributed by atoms with Crippen LogP contribution in [-0.2, 0) is 4.79 Å². The van der Waals surface area contributed by atoms with Crippen molar-refractivity contribution in [3.63, 3.8) is 0 Å². The number of anilines is 3. The van der Waals surface area contributed by atoms with Gasteiger partial charge in [-0.05, 0) is 37.8 Å². The van der Waals surface area contributed by atoms with Gasteiger partial charge in [-0.25, -0.2) is 0 Å². The minimum Gasteiger partial charge on any atom is -0.368 e. The van der Waals surface area contributed by atoms with Crippen LogP contribution in [0.4, 0.5) is 17.6 Å². The lowest BCUT2D eigenvalue weighted by Gasteiger charge is -2.29. The Bertz CT molecular complexity index is 788. The normalized spacial score (nSPS) is 20.4. The molecule has 1 aliphatic carbocycles. The summed E-state index contributed by atoms with van der Waals surface area (Å²) in [7, 11) is 0. The quantitative estimate of drug-likeness (QED) is 0.651. The maximum Gasteiger partial charge on any atom is 0.232 e. The average molecular weight is 401 g/mol. The first-order chi connectivity index (χ1) is 13.5. The summed E-state index contributed by atoms with van der Waals surface area (Å²) in [5, 5.41) is 6.24. The average Bonchev–Trinajstić information content (AvgIpc) is 2.68. The Morgan fingerprint density at radius 2 is 1.96 bits per heavy atom. The predicted octanol–water partition coefficient (Wildman–Crippen LogP) is 3.69. The van der Waals surface area contributed by atoms with Gasteiger partial charge in [-0.3, -0.25) is 4.79 Å². The summed E-state index contributed by atoms with van der Waals surface area (Å²) in [5.41, 5.74) is 6.73. The third kappa shape index (κ3) is 5.82. The molecular weight excluding hydrogens is 372 g/mol. The van der Waals surface area contributed by atoms with Gasteiger partial charge in [0.05, 0.1) is 11.0 Å². The van der Waals surface area contributed by atoms with Crippen molar-refractivity contribution in [1.29, 1.82) is 0 Å². The van der Waals surface area contributed by atoms with E-state index in [2.05, 4.69) is 32.5 Å². The molecule has 4 N–H and O–H groups in total. The molecule has 1 aromatic carbocycles.